The van der Waals surface area contributed by atoms with E-state index in [0.717, 1.165) is 29.6 Å². The molecule has 1 unspecified atom stereocenters. The van der Waals surface area contributed by atoms with Crippen molar-refractivity contribution in [1.29, 1.82) is 0 Å². The maximum atomic E-state index is 13.3. The molecule has 0 N–H and O–H groups in total. The van der Waals surface area contributed by atoms with Crippen molar-refractivity contribution in [3.63, 3.8) is 0 Å². The fraction of sp³-hybridized carbons (Fsp3) is 0.476. The zero-order chi connectivity index (χ0) is 21.1. The molecular weight excluding hydrogens is 382 g/mol. The van der Waals surface area contributed by atoms with Crippen LogP contribution in [0.25, 0.3) is 10.9 Å². The Labute approximate surface area is 175 Å². The number of aromatic nitrogens is 5. The van der Waals surface area contributed by atoms with Crippen LogP contribution in [-0.2, 0) is 16.8 Å². The van der Waals surface area contributed by atoms with Crippen molar-refractivity contribution >= 4 is 16.8 Å². The van der Waals surface area contributed by atoms with E-state index in [-0.39, 0.29) is 5.91 Å². The summed E-state index contributed by atoms with van der Waals surface area (Å²) in [5, 5.41) is 13.4. The van der Waals surface area contributed by atoms with Crippen LogP contribution >= 0.6 is 0 Å². The van der Waals surface area contributed by atoms with E-state index in [9.17, 15) is 4.79 Å². The molecule has 0 aliphatic carbocycles. The highest BCUT2D eigenvalue weighted by Gasteiger charge is 2.45. The first kappa shape index (κ1) is 20.4. The predicted octanol–water partition coefficient (Wildman–Crippen LogP) is 1.56. The van der Waals surface area contributed by atoms with Gasteiger partial charge in [0.05, 0.1) is 18.7 Å². The minimum absolute atomic E-state index is 0.0670. The highest BCUT2D eigenvalue weighted by molar-refractivity contribution is 5.95. The van der Waals surface area contributed by atoms with Crippen LogP contribution in [0.5, 0.6) is 0 Å². The lowest BCUT2D eigenvalue weighted by Crippen LogP contribution is -2.56. The summed E-state index contributed by atoms with van der Waals surface area (Å²) < 4.78 is 6.98. The molecule has 2 aromatic heterocycles. The number of fused-ring (bicyclic) bond motifs is 1. The molecule has 1 aliphatic rings. The van der Waals surface area contributed by atoms with Crippen molar-refractivity contribution in [2.45, 2.75) is 24.9 Å². The molecule has 1 saturated heterocycles. The van der Waals surface area contributed by atoms with E-state index in [2.05, 4.69) is 25.4 Å². The van der Waals surface area contributed by atoms with Crippen LogP contribution in [0, 0.1) is 0 Å². The third-order valence-electron chi connectivity index (χ3n) is 5.89. The predicted molar refractivity (Wildman–Crippen MR) is 112 cm³/mol. The number of rotatable bonds is 6. The van der Waals surface area contributed by atoms with Crippen molar-refractivity contribution in [3.8, 4) is 0 Å². The number of carbonyl (C=O) groups is 1. The second-order valence-electron chi connectivity index (χ2n) is 7.86. The van der Waals surface area contributed by atoms with Gasteiger partial charge in [-0.15, -0.1) is 5.10 Å². The van der Waals surface area contributed by atoms with Crippen molar-refractivity contribution in [1.82, 2.24) is 35.0 Å². The van der Waals surface area contributed by atoms with Gasteiger partial charge in [0.2, 0.25) is 0 Å². The highest BCUT2D eigenvalue weighted by atomic mass is 16.5. The molecule has 1 amide bonds. The van der Waals surface area contributed by atoms with Gasteiger partial charge in [-0.1, -0.05) is 24.3 Å². The van der Waals surface area contributed by atoms with E-state index in [0.29, 0.717) is 31.9 Å². The van der Waals surface area contributed by atoms with Gasteiger partial charge in [-0.2, -0.15) is 0 Å². The Hall–Kier alpha value is -2.91. The molecule has 158 valence electrons. The lowest BCUT2D eigenvalue weighted by molar-refractivity contribution is 0.0247. The van der Waals surface area contributed by atoms with Crippen molar-refractivity contribution in [2.75, 3.05) is 40.9 Å². The number of benzene rings is 1. The van der Waals surface area contributed by atoms with Crippen LogP contribution in [-0.4, -0.2) is 81.8 Å². The van der Waals surface area contributed by atoms with Gasteiger partial charge in [-0.05, 0) is 49.5 Å². The molecule has 1 aliphatic heterocycles. The molecule has 0 bridgehead atoms. The molecular formula is C21H27N7O2. The van der Waals surface area contributed by atoms with E-state index in [4.69, 9.17) is 4.74 Å². The number of nitrogens with zero attached hydrogens (tertiary/aromatic N) is 7. The number of amides is 1. The number of likely N-dealkylation sites (N-methyl/N-ethyl adjacent to an activating group) is 1. The second kappa shape index (κ2) is 8.45. The fourth-order valence-corrected chi connectivity index (χ4v) is 4.17. The average Bonchev–Trinajstić information content (AvgIpc) is 3.25. The lowest BCUT2D eigenvalue weighted by atomic mass is 9.86. The highest BCUT2D eigenvalue weighted by Crippen LogP contribution is 2.35. The third-order valence-corrected chi connectivity index (χ3v) is 5.89. The average molecular weight is 409 g/mol. The number of hydrogen-bond acceptors (Lipinski definition) is 7. The monoisotopic (exact) mass is 409 g/mol. The van der Waals surface area contributed by atoms with Gasteiger partial charge in [-0.25, -0.2) is 9.67 Å². The number of tetrazole rings is 1. The maximum absolute atomic E-state index is 13.3. The normalized spacial score (nSPS) is 19.5. The van der Waals surface area contributed by atoms with Gasteiger partial charge in [0.25, 0.3) is 5.91 Å². The van der Waals surface area contributed by atoms with Gasteiger partial charge in [0, 0.05) is 25.6 Å². The van der Waals surface area contributed by atoms with Crippen LogP contribution < -0.4 is 0 Å². The second-order valence-corrected chi connectivity index (χ2v) is 7.86. The molecule has 9 nitrogen and oxygen atoms in total. The smallest absolute Gasteiger partial charge is 0.272 e. The molecule has 30 heavy (non-hydrogen) atoms. The molecule has 1 aromatic carbocycles. The minimum Gasteiger partial charge on any atom is -0.383 e. The number of ether oxygens (including phenoxy) is 1. The van der Waals surface area contributed by atoms with Gasteiger partial charge < -0.3 is 9.64 Å². The summed E-state index contributed by atoms with van der Waals surface area (Å²) in [5.41, 5.74) is 0.812. The quantitative estimate of drug-likeness (QED) is 0.610. The molecule has 3 heterocycles. The van der Waals surface area contributed by atoms with Gasteiger partial charge in [0.1, 0.15) is 11.2 Å². The summed E-state index contributed by atoms with van der Waals surface area (Å²) in [6, 6.07) is 11.6. The fourth-order valence-electron chi connectivity index (χ4n) is 4.17. The third kappa shape index (κ3) is 3.66. The van der Waals surface area contributed by atoms with Crippen LogP contribution in [0.4, 0.5) is 0 Å². The van der Waals surface area contributed by atoms with Crippen molar-refractivity contribution in [3.05, 3.63) is 47.9 Å². The standard InChI is InChI=1S/C21H27N7O2/c1-26(2)21(20-23-24-25-28(20)13-14-30-3)11-6-12-27(15-21)19(29)18-10-9-16-7-4-5-8-17(16)22-18/h4-5,7-10H,6,11-15H2,1-3H3. The van der Waals surface area contributed by atoms with Gasteiger partial charge in [0.15, 0.2) is 5.82 Å². The number of hydrogen-bond donors (Lipinski definition) is 0. The first-order valence-electron chi connectivity index (χ1n) is 10.1. The minimum atomic E-state index is -0.470. The summed E-state index contributed by atoms with van der Waals surface area (Å²) in [6.45, 7) is 2.27. The number of methoxy groups -OCH3 is 1. The molecule has 3 aromatic rings. The van der Waals surface area contributed by atoms with Crippen LogP contribution in [0.3, 0.4) is 0 Å². The molecule has 0 spiro atoms. The number of para-hydroxylation sites is 1. The molecule has 9 heteroatoms. The number of piperidine rings is 1. The number of likely N-dealkylation sites (tertiary alicyclic amines) is 1. The molecule has 1 fully saturated rings. The SMILES string of the molecule is COCCn1nnnc1C1(N(C)C)CCCN(C(=O)c2ccc3ccccc3n2)C1. The summed E-state index contributed by atoms with van der Waals surface area (Å²) in [4.78, 5) is 21.9. The van der Waals surface area contributed by atoms with Crippen molar-refractivity contribution in [2.24, 2.45) is 0 Å². The van der Waals surface area contributed by atoms with Crippen LogP contribution in [0.1, 0.15) is 29.2 Å². The Bertz CT molecular complexity index is 1030. The lowest BCUT2D eigenvalue weighted by Gasteiger charge is -2.45. The van der Waals surface area contributed by atoms with Crippen molar-refractivity contribution < 1.29 is 9.53 Å². The first-order chi connectivity index (χ1) is 14.5. The van der Waals surface area contributed by atoms with E-state index in [1.807, 2.05) is 49.3 Å². The summed E-state index contributed by atoms with van der Waals surface area (Å²) in [7, 11) is 5.68. The van der Waals surface area contributed by atoms with E-state index in [1.165, 1.54) is 0 Å². The first-order valence-corrected chi connectivity index (χ1v) is 10.1. The van der Waals surface area contributed by atoms with E-state index >= 15 is 0 Å². The largest absolute Gasteiger partial charge is 0.383 e. The molecule has 1 atom stereocenters. The number of carbonyl (C=O) groups excluding carboxylic acids is 1. The van der Waals surface area contributed by atoms with Crippen LogP contribution in [0.15, 0.2) is 36.4 Å². The maximum Gasteiger partial charge on any atom is 0.272 e. The van der Waals surface area contributed by atoms with E-state index < -0.39 is 5.54 Å². The Morgan fingerprint density at radius 1 is 1.23 bits per heavy atom. The van der Waals surface area contributed by atoms with E-state index in [1.54, 1.807) is 17.9 Å². The molecule has 0 saturated carbocycles. The van der Waals surface area contributed by atoms with Gasteiger partial charge in [-0.3, -0.25) is 9.69 Å². The summed E-state index contributed by atoms with van der Waals surface area (Å²) in [5.74, 6) is 0.691. The zero-order valence-electron chi connectivity index (χ0n) is 17.7. The Morgan fingerprint density at radius 2 is 2.07 bits per heavy atom. The zero-order valence-corrected chi connectivity index (χ0v) is 17.7. The molecule has 0 radical (unpaired) electrons. The van der Waals surface area contributed by atoms with Gasteiger partial charge >= 0.3 is 0 Å². The Balaban J connectivity index is 1.64. The topological polar surface area (TPSA) is 89.3 Å². The Kier molecular flexibility index (Phi) is 5.74. The summed E-state index contributed by atoms with van der Waals surface area (Å²) >= 11 is 0. The number of pyridine rings is 1. The summed E-state index contributed by atoms with van der Waals surface area (Å²) in [6.07, 6.45) is 1.72. The molecule has 4 rings (SSSR count). The Morgan fingerprint density at radius 3 is 2.87 bits per heavy atom. The van der Waals surface area contributed by atoms with Crippen LogP contribution in [0.2, 0.25) is 0 Å².